The molecule has 0 aliphatic heterocycles. The van der Waals surface area contributed by atoms with Gasteiger partial charge in [0.2, 0.25) is 10.0 Å². The van der Waals surface area contributed by atoms with E-state index in [0.717, 1.165) is 25.0 Å². The molecule has 0 bridgehead atoms. The van der Waals surface area contributed by atoms with Crippen molar-refractivity contribution in [3.05, 3.63) is 29.3 Å². The summed E-state index contributed by atoms with van der Waals surface area (Å²) in [6.07, 6.45) is 1.94. The fourth-order valence-electron chi connectivity index (χ4n) is 1.84. The quantitative estimate of drug-likeness (QED) is 0.705. The first-order valence-corrected chi connectivity index (χ1v) is 8.13. The molecule has 1 fully saturated rings. The summed E-state index contributed by atoms with van der Waals surface area (Å²) < 4.78 is 58.9. The van der Waals surface area contributed by atoms with Crippen LogP contribution in [0.25, 0.3) is 0 Å². The molecule has 1 aliphatic carbocycles. The SMILES string of the molecule is COCCNS(=O)(=O)c1ccc(F)c(CNC2CC2)c1F. The minimum atomic E-state index is -4.02. The van der Waals surface area contributed by atoms with Crippen molar-refractivity contribution in [1.29, 1.82) is 0 Å². The molecule has 1 saturated carbocycles. The Morgan fingerprint density at radius 2 is 2.05 bits per heavy atom. The van der Waals surface area contributed by atoms with E-state index in [1.165, 1.54) is 7.11 Å². The van der Waals surface area contributed by atoms with Gasteiger partial charge in [-0.25, -0.2) is 21.9 Å². The van der Waals surface area contributed by atoms with E-state index in [4.69, 9.17) is 4.74 Å². The van der Waals surface area contributed by atoms with E-state index >= 15 is 0 Å². The summed E-state index contributed by atoms with van der Waals surface area (Å²) in [6, 6.07) is 2.17. The molecular weight excluding hydrogens is 302 g/mol. The first-order chi connectivity index (χ1) is 9.95. The second-order valence-corrected chi connectivity index (χ2v) is 6.62. The molecule has 118 valence electrons. The van der Waals surface area contributed by atoms with Gasteiger partial charge in [0.25, 0.3) is 0 Å². The predicted octanol–water partition coefficient (Wildman–Crippen LogP) is 1.14. The Morgan fingerprint density at radius 3 is 2.67 bits per heavy atom. The molecule has 1 aromatic carbocycles. The summed E-state index contributed by atoms with van der Waals surface area (Å²) in [7, 11) is -2.60. The van der Waals surface area contributed by atoms with Crippen molar-refractivity contribution in [2.75, 3.05) is 20.3 Å². The summed E-state index contributed by atoms with van der Waals surface area (Å²) in [6.45, 7) is 0.160. The van der Waals surface area contributed by atoms with Gasteiger partial charge in [0, 0.05) is 31.8 Å². The number of sulfonamides is 1. The van der Waals surface area contributed by atoms with Crippen LogP contribution in [0.1, 0.15) is 18.4 Å². The summed E-state index contributed by atoms with van der Waals surface area (Å²) in [5.41, 5.74) is -0.253. The van der Waals surface area contributed by atoms with Crippen molar-refractivity contribution < 1.29 is 21.9 Å². The standard InChI is InChI=1S/C13H18F2N2O3S/c1-20-7-6-17-21(18,19)12-5-4-11(14)10(13(12)15)8-16-9-2-3-9/h4-5,9,16-17H,2-3,6-8H2,1H3. The topological polar surface area (TPSA) is 67.4 Å². The molecule has 0 unspecified atom stereocenters. The van der Waals surface area contributed by atoms with Gasteiger partial charge in [-0.05, 0) is 25.0 Å². The molecule has 0 radical (unpaired) electrons. The highest BCUT2D eigenvalue weighted by Crippen LogP contribution is 2.23. The fraction of sp³-hybridized carbons (Fsp3) is 0.538. The number of benzene rings is 1. The Balaban J connectivity index is 2.20. The lowest BCUT2D eigenvalue weighted by Crippen LogP contribution is -2.28. The molecule has 2 rings (SSSR count). The van der Waals surface area contributed by atoms with Crippen LogP contribution in [0.4, 0.5) is 8.78 Å². The summed E-state index contributed by atoms with van der Waals surface area (Å²) >= 11 is 0. The minimum absolute atomic E-state index is 0.0192. The molecule has 0 atom stereocenters. The second kappa shape index (κ2) is 6.78. The van der Waals surface area contributed by atoms with Gasteiger partial charge < -0.3 is 10.1 Å². The Kier molecular flexibility index (Phi) is 5.26. The lowest BCUT2D eigenvalue weighted by Gasteiger charge is -2.11. The highest BCUT2D eigenvalue weighted by atomic mass is 32.2. The molecule has 8 heteroatoms. The van der Waals surface area contributed by atoms with Gasteiger partial charge in [-0.15, -0.1) is 0 Å². The number of ether oxygens (including phenoxy) is 1. The molecule has 0 spiro atoms. The normalized spacial score (nSPS) is 15.4. The second-order valence-electron chi connectivity index (χ2n) is 4.88. The third kappa shape index (κ3) is 4.19. The van der Waals surface area contributed by atoms with Crippen LogP contribution in [0.2, 0.25) is 0 Å². The van der Waals surface area contributed by atoms with Gasteiger partial charge in [-0.2, -0.15) is 0 Å². The molecule has 0 aromatic heterocycles. The smallest absolute Gasteiger partial charge is 0.243 e. The van der Waals surface area contributed by atoms with Crippen LogP contribution in [-0.4, -0.2) is 34.7 Å². The van der Waals surface area contributed by atoms with Crippen LogP contribution < -0.4 is 10.0 Å². The first-order valence-electron chi connectivity index (χ1n) is 6.64. The van der Waals surface area contributed by atoms with Gasteiger partial charge in [0.15, 0.2) is 5.82 Å². The molecule has 0 amide bonds. The largest absolute Gasteiger partial charge is 0.383 e. The maximum atomic E-state index is 14.3. The van der Waals surface area contributed by atoms with E-state index in [-0.39, 0.29) is 31.3 Å². The van der Waals surface area contributed by atoms with Crippen LogP contribution in [0, 0.1) is 11.6 Å². The van der Waals surface area contributed by atoms with Crippen molar-refractivity contribution >= 4 is 10.0 Å². The van der Waals surface area contributed by atoms with E-state index in [9.17, 15) is 17.2 Å². The Labute approximate surface area is 122 Å². The van der Waals surface area contributed by atoms with Crippen LogP contribution in [0.15, 0.2) is 17.0 Å². The van der Waals surface area contributed by atoms with Crippen molar-refractivity contribution in [3.63, 3.8) is 0 Å². The zero-order chi connectivity index (χ0) is 15.5. The highest BCUT2D eigenvalue weighted by molar-refractivity contribution is 7.89. The van der Waals surface area contributed by atoms with Crippen molar-refractivity contribution in [2.45, 2.75) is 30.3 Å². The van der Waals surface area contributed by atoms with Gasteiger partial charge in [0.1, 0.15) is 10.7 Å². The molecule has 0 heterocycles. The third-order valence-corrected chi connectivity index (χ3v) is 4.66. The Hall–Kier alpha value is -1.09. The van der Waals surface area contributed by atoms with Crippen LogP contribution in [0.3, 0.4) is 0 Å². The molecule has 1 aliphatic rings. The maximum Gasteiger partial charge on any atom is 0.243 e. The van der Waals surface area contributed by atoms with Crippen LogP contribution in [-0.2, 0) is 21.3 Å². The lowest BCUT2D eigenvalue weighted by atomic mass is 10.2. The van der Waals surface area contributed by atoms with Crippen molar-refractivity contribution in [3.8, 4) is 0 Å². The zero-order valence-corrected chi connectivity index (χ0v) is 12.5. The molecule has 1 aromatic rings. The van der Waals surface area contributed by atoms with Gasteiger partial charge in [-0.1, -0.05) is 0 Å². The van der Waals surface area contributed by atoms with Crippen LogP contribution >= 0.6 is 0 Å². The maximum absolute atomic E-state index is 14.3. The van der Waals surface area contributed by atoms with Gasteiger partial charge in [0.05, 0.1) is 6.61 Å². The molecular formula is C13H18F2N2O3S. The number of hydrogen-bond acceptors (Lipinski definition) is 4. The van der Waals surface area contributed by atoms with Crippen molar-refractivity contribution in [1.82, 2.24) is 10.0 Å². The monoisotopic (exact) mass is 320 g/mol. The van der Waals surface area contributed by atoms with Crippen LogP contribution in [0.5, 0.6) is 0 Å². The molecule has 5 nitrogen and oxygen atoms in total. The lowest BCUT2D eigenvalue weighted by molar-refractivity contribution is 0.204. The number of methoxy groups -OCH3 is 1. The first kappa shape index (κ1) is 16.3. The number of rotatable bonds is 8. The van der Waals surface area contributed by atoms with E-state index in [0.29, 0.717) is 0 Å². The highest BCUT2D eigenvalue weighted by Gasteiger charge is 2.25. The fourth-order valence-corrected chi connectivity index (χ4v) is 2.95. The van der Waals surface area contributed by atoms with E-state index in [1.54, 1.807) is 0 Å². The predicted molar refractivity (Wildman–Crippen MR) is 73.3 cm³/mol. The number of halogens is 2. The van der Waals surface area contributed by atoms with E-state index in [1.807, 2.05) is 0 Å². The summed E-state index contributed by atoms with van der Waals surface area (Å²) in [5.74, 6) is -1.80. The number of hydrogen-bond donors (Lipinski definition) is 2. The van der Waals surface area contributed by atoms with Gasteiger partial charge in [-0.3, -0.25) is 0 Å². The molecule has 21 heavy (non-hydrogen) atoms. The molecule has 0 saturated heterocycles. The number of nitrogens with one attached hydrogen (secondary N) is 2. The molecule has 2 N–H and O–H groups in total. The minimum Gasteiger partial charge on any atom is -0.383 e. The summed E-state index contributed by atoms with van der Waals surface area (Å²) in [5, 5.41) is 2.97. The third-order valence-electron chi connectivity index (χ3n) is 3.18. The van der Waals surface area contributed by atoms with Gasteiger partial charge >= 0.3 is 0 Å². The summed E-state index contributed by atoms with van der Waals surface area (Å²) in [4.78, 5) is -0.549. The van der Waals surface area contributed by atoms with E-state index in [2.05, 4.69) is 10.0 Å². The Bertz CT molecular complexity index is 604. The van der Waals surface area contributed by atoms with E-state index < -0.39 is 26.6 Å². The Morgan fingerprint density at radius 1 is 1.33 bits per heavy atom. The average Bonchev–Trinajstić information content (AvgIpc) is 3.22. The zero-order valence-electron chi connectivity index (χ0n) is 11.7. The van der Waals surface area contributed by atoms with Crippen molar-refractivity contribution in [2.24, 2.45) is 0 Å². The average molecular weight is 320 g/mol.